The molecular weight excluding hydrogens is 262 g/mol. The van der Waals surface area contributed by atoms with Crippen LogP contribution in [0.3, 0.4) is 0 Å². The van der Waals surface area contributed by atoms with E-state index in [4.69, 9.17) is 0 Å². The van der Waals surface area contributed by atoms with Gasteiger partial charge in [-0.3, -0.25) is 9.69 Å². The maximum atomic E-state index is 12.5. The summed E-state index contributed by atoms with van der Waals surface area (Å²) in [6.07, 6.45) is 2.52. The largest absolute Gasteiger partial charge is 0.338 e. The van der Waals surface area contributed by atoms with Gasteiger partial charge in [0.05, 0.1) is 6.54 Å². The van der Waals surface area contributed by atoms with Gasteiger partial charge in [-0.2, -0.15) is 0 Å². The third kappa shape index (κ3) is 6.62. The first-order chi connectivity index (χ1) is 9.93. The Morgan fingerprint density at radius 2 is 2.10 bits per heavy atom. The fraction of sp³-hybridized carbons (Fsp3) is 0.824. The lowest BCUT2D eigenvalue weighted by Gasteiger charge is -2.33. The van der Waals surface area contributed by atoms with Gasteiger partial charge in [0.2, 0.25) is 5.91 Å². The Morgan fingerprint density at radius 1 is 1.38 bits per heavy atom. The Bertz CT molecular complexity index is 335. The van der Waals surface area contributed by atoms with Crippen LogP contribution in [0.25, 0.3) is 0 Å². The lowest BCUT2D eigenvalue weighted by molar-refractivity contribution is -0.132. The molecule has 1 aliphatic heterocycles. The van der Waals surface area contributed by atoms with Crippen molar-refractivity contribution in [1.82, 2.24) is 15.1 Å². The van der Waals surface area contributed by atoms with E-state index in [1.165, 1.54) is 12.8 Å². The predicted molar refractivity (Wildman–Crippen MR) is 89.4 cm³/mol. The molecule has 1 fully saturated rings. The molecule has 122 valence electrons. The van der Waals surface area contributed by atoms with E-state index in [9.17, 15) is 4.79 Å². The van der Waals surface area contributed by atoms with E-state index in [1.54, 1.807) is 0 Å². The van der Waals surface area contributed by atoms with Gasteiger partial charge in [0.25, 0.3) is 0 Å². The number of carbonyl (C=O) groups excluding carboxylic acids is 1. The second-order valence-corrected chi connectivity index (χ2v) is 6.60. The van der Waals surface area contributed by atoms with Crippen LogP contribution in [0.5, 0.6) is 0 Å². The molecule has 1 aliphatic rings. The van der Waals surface area contributed by atoms with Crippen LogP contribution in [0, 0.1) is 5.92 Å². The molecule has 0 saturated carbocycles. The first-order valence-electron chi connectivity index (χ1n) is 8.31. The predicted octanol–water partition coefficient (Wildman–Crippen LogP) is 2.12. The highest BCUT2D eigenvalue weighted by Crippen LogP contribution is 2.14. The van der Waals surface area contributed by atoms with Crippen LogP contribution >= 0.6 is 0 Å². The van der Waals surface area contributed by atoms with Crippen molar-refractivity contribution in [3.05, 3.63) is 12.2 Å². The smallest absolute Gasteiger partial charge is 0.237 e. The van der Waals surface area contributed by atoms with Gasteiger partial charge in [0, 0.05) is 25.7 Å². The van der Waals surface area contributed by atoms with Crippen LogP contribution in [0.4, 0.5) is 0 Å². The van der Waals surface area contributed by atoms with Gasteiger partial charge < -0.3 is 10.2 Å². The van der Waals surface area contributed by atoms with E-state index in [0.717, 1.165) is 31.8 Å². The summed E-state index contributed by atoms with van der Waals surface area (Å²) in [5.41, 5.74) is 1.04. The van der Waals surface area contributed by atoms with Gasteiger partial charge >= 0.3 is 0 Å². The second kappa shape index (κ2) is 9.21. The van der Waals surface area contributed by atoms with Crippen molar-refractivity contribution < 1.29 is 4.79 Å². The molecule has 1 unspecified atom stereocenters. The normalized spacial score (nSPS) is 19.0. The van der Waals surface area contributed by atoms with E-state index in [1.807, 2.05) is 18.7 Å². The molecule has 0 aromatic heterocycles. The maximum Gasteiger partial charge on any atom is 0.237 e. The topological polar surface area (TPSA) is 35.6 Å². The van der Waals surface area contributed by atoms with E-state index in [0.29, 0.717) is 25.0 Å². The van der Waals surface area contributed by atoms with E-state index >= 15 is 0 Å². The molecule has 0 aromatic rings. The van der Waals surface area contributed by atoms with Crippen molar-refractivity contribution in [1.29, 1.82) is 0 Å². The highest BCUT2D eigenvalue weighted by atomic mass is 16.2. The Labute approximate surface area is 130 Å². The number of piperidine rings is 1. The number of carbonyl (C=O) groups is 1. The molecule has 0 radical (unpaired) electrons. The van der Waals surface area contributed by atoms with Gasteiger partial charge in [0.15, 0.2) is 0 Å². The Balaban J connectivity index is 2.55. The zero-order valence-electron chi connectivity index (χ0n) is 14.3. The van der Waals surface area contributed by atoms with Crippen molar-refractivity contribution in [2.75, 3.05) is 39.3 Å². The molecule has 0 spiro atoms. The summed E-state index contributed by atoms with van der Waals surface area (Å²) >= 11 is 0. The summed E-state index contributed by atoms with van der Waals surface area (Å²) in [4.78, 5) is 16.7. The van der Waals surface area contributed by atoms with Gasteiger partial charge in [0.1, 0.15) is 0 Å². The lowest BCUT2D eigenvalue weighted by atomic mass is 9.98. The number of nitrogens with zero attached hydrogens (tertiary/aromatic N) is 2. The molecule has 0 aliphatic carbocycles. The molecule has 1 rings (SSSR count). The van der Waals surface area contributed by atoms with E-state index in [-0.39, 0.29) is 5.91 Å². The molecule has 0 aromatic carbocycles. The van der Waals surface area contributed by atoms with Gasteiger partial charge in [-0.25, -0.2) is 0 Å². The monoisotopic (exact) mass is 295 g/mol. The average molecular weight is 295 g/mol. The number of likely N-dealkylation sites (N-methyl/N-ethyl adjacent to an activating group) is 1. The molecule has 4 nitrogen and oxygen atoms in total. The SMILES string of the molecule is C=C(C)CN(CC)C(=O)CN(CC1CCCNC1)C(C)C. The van der Waals surface area contributed by atoms with Crippen LogP contribution in [-0.4, -0.2) is 61.0 Å². The van der Waals surface area contributed by atoms with Crippen LogP contribution < -0.4 is 5.32 Å². The minimum absolute atomic E-state index is 0.220. The standard InChI is InChI=1S/C17H33N3O/c1-6-19(11-14(2)3)17(21)13-20(15(4)5)12-16-8-7-9-18-10-16/h15-16,18H,2,6-13H2,1,3-5H3. The van der Waals surface area contributed by atoms with Crippen LogP contribution in [-0.2, 0) is 4.79 Å². The first kappa shape index (κ1) is 18.2. The minimum atomic E-state index is 0.220. The number of hydrogen-bond acceptors (Lipinski definition) is 3. The quantitative estimate of drug-likeness (QED) is 0.697. The van der Waals surface area contributed by atoms with Gasteiger partial charge in [-0.15, -0.1) is 0 Å². The molecule has 1 saturated heterocycles. The fourth-order valence-electron chi connectivity index (χ4n) is 2.85. The number of hydrogen-bond donors (Lipinski definition) is 1. The summed E-state index contributed by atoms with van der Waals surface area (Å²) in [5, 5.41) is 3.46. The highest BCUT2D eigenvalue weighted by Gasteiger charge is 2.22. The molecule has 4 heteroatoms. The maximum absolute atomic E-state index is 12.5. The van der Waals surface area contributed by atoms with E-state index < -0.39 is 0 Å². The van der Waals surface area contributed by atoms with Crippen molar-refractivity contribution in [2.24, 2.45) is 5.92 Å². The molecule has 21 heavy (non-hydrogen) atoms. The summed E-state index contributed by atoms with van der Waals surface area (Å²) in [7, 11) is 0. The van der Waals surface area contributed by atoms with Crippen LogP contribution in [0.15, 0.2) is 12.2 Å². The molecule has 1 atom stereocenters. The summed E-state index contributed by atoms with van der Waals surface area (Å²) < 4.78 is 0. The molecule has 0 bridgehead atoms. The van der Waals surface area contributed by atoms with Gasteiger partial charge in [-0.05, 0) is 59.5 Å². The number of amides is 1. The summed E-state index contributed by atoms with van der Waals surface area (Å²) in [5.74, 6) is 0.892. The number of rotatable bonds is 8. The van der Waals surface area contributed by atoms with E-state index in [2.05, 4.69) is 30.6 Å². The molecule has 1 N–H and O–H groups in total. The molecule has 1 heterocycles. The molecule has 1 amide bonds. The van der Waals surface area contributed by atoms with Crippen LogP contribution in [0.1, 0.15) is 40.5 Å². The van der Waals surface area contributed by atoms with Crippen molar-refractivity contribution in [2.45, 2.75) is 46.6 Å². The Hall–Kier alpha value is -0.870. The summed E-state index contributed by atoms with van der Waals surface area (Å²) in [6.45, 7) is 17.5. The van der Waals surface area contributed by atoms with Crippen molar-refractivity contribution in [3.63, 3.8) is 0 Å². The fourth-order valence-corrected chi connectivity index (χ4v) is 2.85. The minimum Gasteiger partial charge on any atom is -0.338 e. The third-order valence-electron chi connectivity index (χ3n) is 4.16. The van der Waals surface area contributed by atoms with Crippen molar-refractivity contribution in [3.8, 4) is 0 Å². The first-order valence-corrected chi connectivity index (χ1v) is 8.31. The number of nitrogens with one attached hydrogen (secondary N) is 1. The zero-order valence-corrected chi connectivity index (χ0v) is 14.3. The van der Waals surface area contributed by atoms with Crippen molar-refractivity contribution >= 4 is 5.91 Å². The zero-order chi connectivity index (χ0) is 15.8. The van der Waals surface area contributed by atoms with Crippen LogP contribution in [0.2, 0.25) is 0 Å². The highest BCUT2D eigenvalue weighted by molar-refractivity contribution is 5.78. The average Bonchev–Trinajstić information content (AvgIpc) is 2.44. The molecular formula is C17H33N3O. The van der Waals surface area contributed by atoms with Gasteiger partial charge in [-0.1, -0.05) is 12.2 Å². The summed E-state index contributed by atoms with van der Waals surface area (Å²) in [6, 6.07) is 0.402. The Morgan fingerprint density at radius 3 is 2.57 bits per heavy atom. The Kier molecular flexibility index (Phi) is 7.97. The third-order valence-corrected chi connectivity index (χ3v) is 4.16. The lowest BCUT2D eigenvalue weighted by Crippen LogP contribution is -2.47. The second-order valence-electron chi connectivity index (χ2n) is 6.60.